The highest BCUT2D eigenvalue weighted by atomic mass is 32.2. The predicted octanol–water partition coefficient (Wildman–Crippen LogP) is 4.38. The average molecular weight is 455 g/mol. The van der Waals surface area contributed by atoms with Gasteiger partial charge in [-0.15, -0.1) is 0 Å². The van der Waals surface area contributed by atoms with Gasteiger partial charge in [0, 0.05) is 30.1 Å². The molecule has 4 rings (SSSR count). The number of likely N-dealkylation sites (tertiary alicyclic amines) is 1. The van der Waals surface area contributed by atoms with Crippen molar-refractivity contribution in [2.75, 3.05) is 13.1 Å². The van der Waals surface area contributed by atoms with Crippen LogP contribution in [0.15, 0.2) is 58.0 Å². The molecule has 0 aliphatic carbocycles. The lowest BCUT2D eigenvalue weighted by molar-refractivity contribution is -0.131. The van der Waals surface area contributed by atoms with Crippen LogP contribution in [0.4, 0.5) is 0 Å². The Hall–Kier alpha value is -2.64. The SMILES string of the molecule is Cc1cc2occ(CC(=O)N3CCC(NS(=O)(=O)c4ccccc4)CC3)c2cc1C(C)C. The Balaban J connectivity index is 1.39. The Kier molecular flexibility index (Phi) is 6.40. The Morgan fingerprint density at radius 3 is 2.50 bits per heavy atom. The second-order valence-corrected chi connectivity index (χ2v) is 10.6. The molecule has 0 bridgehead atoms. The zero-order valence-electron chi connectivity index (χ0n) is 18.8. The summed E-state index contributed by atoms with van der Waals surface area (Å²) in [6, 6.07) is 12.4. The lowest BCUT2D eigenvalue weighted by Crippen LogP contribution is -2.46. The fraction of sp³-hybridized carbons (Fsp3) is 0.400. The van der Waals surface area contributed by atoms with Gasteiger partial charge in [0.1, 0.15) is 5.58 Å². The van der Waals surface area contributed by atoms with Gasteiger partial charge < -0.3 is 9.32 Å². The van der Waals surface area contributed by atoms with Crippen LogP contribution in [0.3, 0.4) is 0 Å². The smallest absolute Gasteiger partial charge is 0.240 e. The highest BCUT2D eigenvalue weighted by Crippen LogP contribution is 2.29. The average Bonchev–Trinajstić information content (AvgIpc) is 3.15. The van der Waals surface area contributed by atoms with Crippen LogP contribution in [-0.4, -0.2) is 38.4 Å². The van der Waals surface area contributed by atoms with Crippen LogP contribution in [0, 0.1) is 6.92 Å². The molecule has 7 heteroatoms. The van der Waals surface area contributed by atoms with Crippen LogP contribution >= 0.6 is 0 Å². The standard InChI is InChI=1S/C25H30N2O4S/c1-17(2)22-15-23-19(16-31-24(23)13-18(22)3)14-25(28)27-11-9-20(10-12-27)26-32(29,30)21-7-5-4-6-8-21/h4-8,13,15-17,20,26H,9-12,14H2,1-3H3. The van der Waals surface area contributed by atoms with Crippen LogP contribution in [0.5, 0.6) is 0 Å². The Labute approximate surface area is 189 Å². The number of benzene rings is 2. The van der Waals surface area contributed by atoms with Crippen molar-refractivity contribution in [1.29, 1.82) is 0 Å². The minimum Gasteiger partial charge on any atom is -0.464 e. The number of furan rings is 1. The molecule has 0 saturated carbocycles. The molecule has 0 radical (unpaired) electrons. The van der Waals surface area contributed by atoms with Gasteiger partial charge in [-0.05, 0) is 61.1 Å². The molecular formula is C25H30N2O4S. The number of hydrogen-bond donors (Lipinski definition) is 1. The highest BCUT2D eigenvalue weighted by Gasteiger charge is 2.27. The van der Waals surface area contributed by atoms with Crippen molar-refractivity contribution in [3.63, 3.8) is 0 Å². The van der Waals surface area contributed by atoms with E-state index in [4.69, 9.17) is 4.42 Å². The molecule has 1 aliphatic rings. The van der Waals surface area contributed by atoms with Gasteiger partial charge in [-0.3, -0.25) is 4.79 Å². The number of fused-ring (bicyclic) bond motifs is 1. The van der Waals surface area contributed by atoms with E-state index in [9.17, 15) is 13.2 Å². The van der Waals surface area contributed by atoms with Gasteiger partial charge in [-0.25, -0.2) is 13.1 Å². The molecule has 1 saturated heterocycles. The molecule has 1 amide bonds. The Morgan fingerprint density at radius 2 is 1.84 bits per heavy atom. The fourth-order valence-corrected chi connectivity index (χ4v) is 5.74. The van der Waals surface area contributed by atoms with E-state index in [1.54, 1.807) is 36.6 Å². The third-order valence-corrected chi connectivity index (χ3v) is 7.77. The molecule has 1 fully saturated rings. The van der Waals surface area contributed by atoms with E-state index in [2.05, 4.69) is 31.6 Å². The quantitative estimate of drug-likeness (QED) is 0.600. The van der Waals surface area contributed by atoms with Crippen molar-refractivity contribution in [3.8, 4) is 0 Å². The Bertz CT molecular complexity index is 1210. The zero-order valence-corrected chi connectivity index (χ0v) is 19.6. The van der Waals surface area contributed by atoms with E-state index in [-0.39, 0.29) is 23.3 Å². The van der Waals surface area contributed by atoms with Gasteiger partial charge >= 0.3 is 0 Å². The maximum atomic E-state index is 13.0. The van der Waals surface area contributed by atoms with Crippen molar-refractivity contribution in [2.24, 2.45) is 0 Å². The highest BCUT2D eigenvalue weighted by molar-refractivity contribution is 7.89. The molecule has 2 aromatic carbocycles. The minimum absolute atomic E-state index is 0.0451. The lowest BCUT2D eigenvalue weighted by atomic mass is 9.95. The van der Waals surface area contributed by atoms with E-state index < -0.39 is 10.0 Å². The Morgan fingerprint density at radius 1 is 1.16 bits per heavy atom. The minimum atomic E-state index is -3.54. The number of carbonyl (C=O) groups excluding carboxylic acids is 1. The second-order valence-electron chi connectivity index (χ2n) is 8.89. The molecule has 170 valence electrons. The molecule has 2 heterocycles. The monoisotopic (exact) mass is 454 g/mol. The van der Waals surface area contributed by atoms with Crippen molar-refractivity contribution in [3.05, 3.63) is 65.4 Å². The number of nitrogens with one attached hydrogen (secondary N) is 1. The van der Waals surface area contributed by atoms with Crippen LogP contribution in [-0.2, 0) is 21.2 Å². The number of rotatable bonds is 6. The van der Waals surface area contributed by atoms with E-state index in [1.165, 1.54) is 11.1 Å². The molecule has 32 heavy (non-hydrogen) atoms. The van der Waals surface area contributed by atoms with Gasteiger partial charge in [-0.1, -0.05) is 32.0 Å². The van der Waals surface area contributed by atoms with Gasteiger partial charge in [0.25, 0.3) is 0 Å². The summed E-state index contributed by atoms with van der Waals surface area (Å²) >= 11 is 0. The first-order chi connectivity index (χ1) is 15.2. The summed E-state index contributed by atoms with van der Waals surface area (Å²) in [5, 5.41) is 0.998. The molecule has 0 unspecified atom stereocenters. The fourth-order valence-electron chi connectivity index (χ4n) is 4.41. The van der Waals surface area contributed by atoms with Crippen molar-refractivity contribution in [2.45, 2.75) is 56.9 Å². The van der Waals surface area contributed by atoms with E-state index in [0.717, 1.165) is 16.5 Å². The molecule has 1 N–H and O–H groups in total. The van der Waals surface area contributed by atoms with Crippen LogP contribution in [0.2, 0.25) is 0 Å². The molecule has 1 aromatic heterocycles. The summed E-state index contributed by atoms with van der Waals surface area (Å²) in [4.78, 5) is 15.0. The third-order valence-electron chi connectivity index (χ3n) is 6.23. The van der Waals surface area contributed by atoms with Crippen molar-refractivity contribution >= 4 is 26.9 Å². The summed E-state index contributed by atoms with van der Waals surface area (Å²) in [6.45, 7) is 7.47. The summed E-state index contributed by atoms with van der Waals surface area (Å²) < 4.78 is 33.6. The number of carbonyl (C=O) groups is 1. The number of piperidine rings is 1. The van der Waals surface area contributed by atoms with E-state index >= 15 is 0 Å². The van der Waals surface area contributed by atoms with Crippen LogP contribution in [0.1, 0.15) is 49.3 Å². The van der Waals surface area contributed by atoms with Crippen molar-refractivity contribution in [1.82, 2.24) is 9.62 Å². The molecule has 6 nitrogen and oxygen atoms in total. The summed E-state index contributed by atoms with van der Waals surface area (Å²) in [6.07, 6.45) is 3.17. The van der Waals surface area contributed by atoms with Gasteiger partial charge in [-0.2, -0.15) is 0 Å². The van der Waals surface area contributed by atoms with Gasteiger partial charge in [0.05, 0.1) is 17.6 Å². The summed E-state index contributed by atoms with van der Waals surface area (Å²) in [5.41, 5.74) is 4.17. The number of hydrogen-bond acceptors (Lipinski definition) is 4. The maximum absolute atomic E-state index is 13.0. The molecule has 1 aliphatic heterocycles. The van der Waals surface area contributed by atoms with E-state index in [0.29, 0.717) is 31.8 Å². The predicted molar refractivity (Wildman–Crippen MR) is 125 cm³/mol. The van der Waals surface area contributed by atoms with Crippen LogP contribution < -0.4 is 4.72 Å². The topological polar surface area (TPSA) is 79.6 Å². The number of sulfonamides is 1. The third kappa shape index (κ3) is 4.74. The normalized spacial score (nSPS) is 15.6. The van der Waals surface area contributed by atoms with Gasteiger partial charge in [0.2, 0.25) is 15.9 Å². The van der Waals surface area contributed by atoms with Crippen molar-refractivity contribution < 1.29 is 17.6 Å². The lowest BCUT2D eigenvalue weighted by Gasteiger charge is -2.32. The molecule has 3 aromatic rings. The number of nitrogens with zero attached hydrogens (tertiary/aromatic N) is 1. The van der Waals surface area contributed by atoms with Crippen LogP contribution in [0.25, 0.3) is 11.0 Å². The largest absolute Gasteiger partial charge is 0.464 e. The molecular weight excluding hydrogens is 424 g/mol. The number of amides is 1. The molecule has 0 spiro atoms. The summed E-state index contributed by atoms with van der Waals surface area (Å²) in [7, 11) is -3.54. The first kappa shape index (κ1) is 22.6. The zero-order chi connectivity index (χ0) is 22.9. The first-order valence-corrected chi connectivity index (χ1v) is 12.6. The number of aryl methyl sites for hydroxylation is 1. The molecule has 0 atom stereocenters. The van der Waals surface area contributed by atoms with Gasteiger partial charge in [0.15, 0.2) is 0 Å². The second kappa shape index (κ2) is 9.08. The van der Waals surface area contributed by atoms with E-state index in [1.807, 2.05) is 11.0 Å². The summed E-state index contributed by atoms with van der Waals surface area (Å²) in [5.74, 6) is 0.445. The first-order valence-electron chi connectivity index (χ1n) is 11.1. The maximum Gasteiger partial charge on any atom is 0.240 e.